The third kappa shape index (κ3) is 3.50. The van der Waals surface area contributed by atoms with Crippen LogP contribution in [0, 0.1) is 5.92 Å². The molecular weight excluding hydrogens is 188 g/mol. The van der Waals surface area contributed by atoms with Crippen molar-refractivity contribution >= 4 is 0 Å². The van der Waals surface area contributed by atoms with Crippen molar-refractivity contribution in [1.29, 1.82) is 0 Å². The van der Waals surface area contributed by atoms with Crippen LogP contribution in [0.1, 0.15) is 6.92 Å². The van der Waals surface area contributed by atoms with Crippen LogP contribution >= 0.6 is 0 Å². The topological polar surface area (TPSA) is 29.5 Å². The Balaban J connectivity index is 2.51. The smallest absolute Gasteiger partial charge is 0.102 e. The number of rotatable bonds is 4. The Hall–Kier alpha value is -1.12. The van der Waals surface area contributed by atoms with Crippen molar-refractivity contribution in [3.8, 4) is 0 Å². The summed E-state index contributed by atoms with van der Waals surface area (Å²) in [5.74, 6) is 0.0839. The fourth-order valence-electron chi connectivity index (χ4n) is 1.51. The first-order valence-electron chi connectivity index (χ1n) is 5.18. The molecule has 1 saturated heterocycles. The number of aliphatic hydroxyl groups excluding tert-OH is 1. The highest BCUT2D eigenvalue weighted by Crippen LogP contribution is 2.22. The molecule has 15 heavy (non-hydrogen) atoms. The minimum atomic E-state index is -0.456. The molecule has 1 fully saturated rings. The van der Waals surface area contributed by atoms with Gasteiger partial charge in [-0.3, -0.25) is 0 Å². The standard InChI is InChI=1S/C13H18O2/c1-3-5-7-8-11-10-15-12(13(11)14)9-6-4-2/h3-9,11-14H,2,10H2,1H3/b5-3+,8-7+,9-6+/t11-,12+,13+/m1/s1. The van der Waals surface area contributed by atoms with Gasteiger partial charge in [-0.15, -0.1) is 0 Å². The van der Waals surface area contributed by atoms with Crippen molar-refractivity contribution in [3.05, 3.63) is 49.1 Å². The van der Waals surface area contributed by atoms with Gasteiger partial charge in [-0.05, 0) is 6.92 Å². The van der Waals surface area contributed by atoms with Crippen LogP contribution in [0.25, 0.3) is 0 Å². The van der Waals surface area contributed by atoms with E-state index in [4.69, 9.17) is 4.74 Å². The first-order chi connectivity index (χ1) is 7.29. The number of ether oxygens (including phenoxy) is 1. The van der Waals surface area contributed by atoms with Gasteiger partial charge in [0, 0.05) is 5.92 Å². The molecule has 1 N–H and O–H groups in total. The minimum Gasteiger partial charge on any atom is -0.389 e. The van der Waals surface area contributed by atoms with Crippen LogP contribution in [-0.2, 0) is 4.74 Å². The Morgan fingerprint density at radius 1 is 1.27 bits per heavy atom. The molecular formula is C13H18O2. The third-order valence-corrected chi connectivity index (χ3v) is 2.36. The molecule has 0 radical (unpaired) electrons. The zero-order valence-electron chi connectivity index (χ0n) is 9.04. The van der Waals surface area contributed by atoms with Crippen molar-refractivity contribution in [3.63, 3.8) is 0 Å². The Kier molecular flexibility index (Phi) is 5.08. The molecule has 0 aromatic heterocycles. The van der Waals surface area contributed by atoms with Crippen LogP contribution in [0.15, 0.2) is 49.1 Å². The van der Waals surface area contributed by atoms with E-state index in [1.807, 2.05) is 37.3 Å². The Labute approximate surface area is 91.3 Å². The van der Waals surface area contributed by atoms with E-state index >= 15 is 0 Å². The van der Waals surface area contributed by atoms with Gasteiger partial charge in [0.25, 0.3) is 0 Å². The van der Waals surface area contributed by atoms with Crippen molar-refractivity contribution in [1.82, 2.24) is 0 Å². The van der Waals surface area contributed by atoms with Crippen molar-refractivity contribution in [2.45, 2.75) is 19.1 Å². The Bertz CT molecular complexity index is 276. The molecule has 3 atom stereocenters. The van der Waals surface area contributed by atoms with E-state index in [-0.39, 0.29) is 12.0 Å². The molecule has 1 heterocycles. The second-order valence-corrected chi connectivity index (χ2v) is 3.48. The highest BCUT2D eigenvalue weighted by atomic mass is 16.5. The van der Waals surface area contributed by atoms with Crippen LogP contribution in [0.5, 0.6) is 0 Å². The van der Waals surface area contributed by atoms with Crippen LogP contribution in [0.2, 0.25) is 0 Å². The van der Waals surface area contributed by atoms with Crippen LogP contribution < -0.4 is 0 Å². The molecule has 0 bridgehead atoms. The Morgan fingerprint density at radius 3 is 2.73 bits per heavy atom. The van der Waals surface area contributed by atoms with Gasteiger partial charge in [-0.25, -0.2) is 0 Å². The van der Waals surface area contributed by atoms with E-state index in [9.17, 15) is 5.11 Å². The van der Waals surface area contributed by atoms with Gasteiger partial charge in [0.05, 0.1) is 12.7 Å². The Morgan fingerprint density at radius 2 is 2.07 bits per heavy atom. The summed E-state index contributed by atoms with van der Waals surface area (Å²) in [6.45, 7) is 6.11. The average Bonchev–Trinajstić information content (AvgIpc) is 2.58. The first kappa shape index (κ1) is 12.0. The van der Waals surface area contributed by atoms with Gasteiger partial charge in [-0.1, -0.05) is 49.1 Å². The summed E-state index contributed by atoms with van der Waals surface area (Å²) in [4.78, 5) is 0. The van der Waals surface area contributed by atoms with Gasteiger partial charge >= 0.3 is 0 Å². The lowest BCUT2D eigenvalue weighted by molar-refractivity contribution is 0.0724. The van der Waals surface area contributed by atoms with E-state index in [1.165, 1.54) is 0 Å². The van der Waals surface area contributed by atoms with Crippen molar-refractivity contribution < 1.29 is 9.84 Å². The molecule has 2 heteroatoms. The molecule has 1 aliphatic rings. The normalized spacial score (nSPS) is 32.3. The summed E-state index contributed by atoms with van der Waals surface area (Å²) >= 11 is 0. The monoisotopic (exact) mass is 206 g/mol. The van der Waals surface area contributed by atoms with E-state index < -0.39 is 6.10 Å². The van der Waals surface area contributed by atoms with Crippen LogP contribution in [0.3, 0.4) is 0 Å². The predicted octanol–water partition coefficient (Wildman–Crippen LogP) is 2.24. The van der Waals surface area contributed by atoms with Crippen LogP contribution in [-0.4, -0.2) is 23.9 Å². The van der Waals surface area contributed by atoms with Gasteiger partial charge < -0.3 is 9.84 Å². The van der Waals surface area contributed by atoms with Gasteiger partial charge in [-0.2, -0.15) is 0 Å². The number of hydrogen-bond acceptors (Lipinski definition) is 2. The second-order valence-electron chi connectivity index (χ2n) is 3.48. The summed E-state index contributed by atoms with van der Waals surface area (Å²) in [5.41, 5.74) is 0. The van der Waals surface area contributed by atoms with E-state index in [1.54, 1.807) is 12.2 Å². The molecule has 0 amide bonds. The second kappa shape index (κ2) is 6.38. The summed E-state index contributed by atoms with van der Waals surface area (Å²) in [6, 6.07) is 0. The van der Waals surface area contributed by atoms with Gasteiger partial charge in [0.2, 0.25) is 0 Å². The lowest BCUT2D eigenvalue weighted by Crippen LogP contribution is -2.23. The maximum absolute atomic E-state index is 9.89. The molecule has 82 valence electrons. The molecule has 0 aromatic rings. The number of hydrogen-bond donors (Lipinski definition) is 1. The summed E-state index contributed by atoms with van der Waals surface area (Å²) < 4.78 is 5.45. The maximum Gasteiger partial charge on any atom is 0.102 e. The molecule has 0 aromatic carbocycles. The lowest BCUT2D eigenvalue weighted by Gasteiger charge is -2.11. The zero-order chi connectivity index (χ0) is 11.1. The molecule has 0 saturated carbocycles. The average molecular weight is 206 g/mol. The molecule has 0 unspecified atom stereocenters. The first-order valence-corrected chi connectivity index (χ1v) is 5.18. The van der Waals surface area contributed by atoms with Crippen LogP contribution in [0.4, 0.5) is 0 Å². The summed E-state index contributed by atoms with van der Waals surface area (Å²) in [6.07, 6.45) is 12.5. The molecule has 0 aliphatic carbocycles. The quantitative estimate of drug-likeness (QED) is 0.715. The summed E-state index contributed by atoms with van der Waals surface area (Å²) in [7, 11) is 0. The van der Waals surface area contributed by atoms with Gasteiger partial charge in [0.15, 0.2) is 0 Å². The number of allylic oxidation sites excluding steroid dienone is 5. The number of aliphatic hydroxyl groups is 1. The molecule has 1 rings (SSSR count). The van der Waals surface area contributed by atoms with Crippen molar-refractivity contribution in [2.75, 3.05) is 6.61 Å². The van der Waals surface area contributed by atoms with Crippen molar-refractivity contribution in [2.24, 2.45) is 5.92 Å². The minimum absolute atomic E-state index is 0.0839. The molecule has 2 nitrogen and oxygen atoms in total. The molecule has 1 aliphatic heterocycles. The maximum atomic E-state index is 9.89. The highest BCUT2D eigenvalue weighted by Gasteiger charge is 2.32. The lowest BCUT2D eigenvalue weighted by atomic mass is 10.0. The third-order valence-electron chi connectivity index (χ3n) is 2.36. The largest absolute Gasteiger partial charge is 0.389 e. The van der Waals surface area contributed by atoms with E-state index in [2.05, 4.69) is 6.58 Å². The highest BCUT2D eigenvalue weighted by molar-refractivity contribution is 5.11. The zero-order valence-corrected chi connectivity index (χ0v) is 9.04. The SMILES string of the molecule is C=C/C=C/[C@@H]1OC[C@@H](/C=C/C=C/C)[C@@H]1O. The van der Waals surface area contributed by atoms with Gasteiger partial charge in [0.1, 0.15) is 6.10 Å². The molecule has 0 spiro atoms. The van der Waals surface area contributed by atoms with E-state index in [0.717, 1.165) is 0 Å². The fraction of sp³-hybridized carbons (Fsp3) is 0.385. The van der Waals surface area contributed by atoms with E-state index in [0.29, 0.717) is 6.61 Å². The fourth-order valence-corrected chi connectivity index (χ4v) is 1.51. The predicted molar refractivity (Wildman–Crippen MR) is 62.5 cm³/mol. The summed E-state index contributed by atoms with van der Waals surface area (Å²) in [5, 5.41) is 9.89.